The topological polar surface area (TPSA) is 64.0 Å². The van der Waals surface area contributed by atoms with Crippen LogP contribution < -0.4 is 10.9 Å². The molecule has 1 N–H and O–H groups in total. The van der Waals surface area contributed by atoms with E-state index < -0.39 is 0 Å². The lowest BCUT2D eigenvalue weighted by Gasteiger charge is -2.20. The van der Waals surface area contributed by atoms with E-state index >= 15 is 0 Å². The molecule has 0 spiro atoms. The Morgan fingerprint density at radius 3 is 2.60 bits per heavy atom. The number of carbonyl (C=O) groups excluding carboxylic acids is 1. The highest BCUT2D eigenvalue weighted by Gasteiger charge is 2.25. The largest absolute Gasteiger partial charge is 0.351 e. The first-order valence-corrected chi connectivity index (χ1v) is 11.4. The van der Waals surface area contributed by atoms with E-state index in [9.17, 15) is 9.59 Å². The van der Waals surface area contributed by atoms with Gasteiger partial charge in [0.2, 0.25) is 5.91 Å². The van der Waals surface area contributed by atoms with Crippen LogP contribution in [0.15, 0.2) is 58.5 Å². The Hall–Kier alpha value is -2.60. The zero-order valence-corrected chi connectivity index (χ0v) is 18.2. The molecule has 6 heteroatoms. The third kappa shape index (κ3) is 4.43. The molecular formula is C24H27N3O2S. The second-order valence-electron chi connectivity index (χ2n) is 7.99. The van der Waals surface area contributed by atoms with Crippen LogP contribution in [0.25, 0.3) is 10.9 Å². The Morgan fingerprint density at radius 1 is 1.17 bits per heavy atom. The monoisotopic (exact) mass is 421 g/mol. The molecule has 0 saturated heterocycles. The second-order valence-corrected chi connectivity index (χ2v) is 9.30. The number of nitrogens with zero attached hydrogens (tertiary/aromatic N) is 2. The molecule has 1 heterocycles. The van der Waals surface area contributed by atoms with Gasteiger partial charge in [-0.25, -0.2) is 4.98 Å². The van der Waals surface area contributed by atoms with E-state index in [1.54, 1.807) is 0 Å². The van der Waals surface area contributed by atoms with Crippen molar-refractivity contribution in [1.29, 1.82) is 0 Å². The third-order valence-electron chi connectivity index (χ3n) is 5.70. The van der Waals surface area contributed by atoms with Gasteiger partial charge in [0, 0.05) is 12.6 Å². The van der Waals surface area contributed by atoms with Crippen LogP contribution >= 0.6 is 11.8 Å². The van der Waals surface area contributed by atoms with Crippen LogP contribution in [-0.2, 0) is 11.3 Å². The molecule has 2 aromatic carbocycles. The Kier molecular flexibility index (Phi) is 6.23. The summed E-state index contributed by atoms with van der Waals surface area (Å²) in [5, 5.41) is 3.94. The van der Waals surface area contributed by atoms with E-state index in [0.29, 0.717) is 22.6 Å². The fourth-order valence-corrected chi connectivity index (χ4v) is 4.95. The first-order chi connectivity index (χ1) is 14.5. The maximum Gasteiger partial charge on any atom is 0.262 e. The molecule has 1 atom stereocenters. The minimum absolute atomic E-state index is 0.00210. The number of thioether (sulfide) groups is 1. The number of amides is 1. The summed E-state index contributed by atoms with van der Waals surface area (Å²) in [6.45, 7) is 4.40. The summed E-state index contributed by atoms with van der Waals surface area (Å²) < 4.78 is 1.84. The molecule has 1 amide bonds. The molecule has 3 aromatic rings. The molecule has 4 rings (SSSR count). The number of rotatable bonds is 6. The molecule has 1 aliphatic rings. The van der Waals surface area contributed by atoms with E-state index in [4.69, 9.17) is 4.98 Å². The number of carbonyl (C=O) groups is 1. The molecule has 0 bridgehead atoms. The summed E-state index contributed by atoms with van der Waals surface area (Å²) >= 11 is 1.37. The highest BCUT2D eigenvalue weighted by Crippen LogP contribution is 2.33. The van der Waals surface area contributed by atoms with Crippen molar-refractivity contribution in [1.82, 2.24) is 14.9 Å². The van der Waals surface area contributed by atoms with Gasteiger partial charge in [-0.3, -0.25) is 14.2 Å². The number of fused-ring (bicyclic) bond motifs is 1. The molecular weight excluding hydrogens is 394 g/mol. The number of benzene rings is 2. The number of para-hydroxylation sites is 1. The molecule has 1 aromatic heterocycles. The lowest BCUT2D eigenvalue weighted by atomic mass is 10.1. The lowest BCUT2D eigenvalue weighted by molar-refractivity contribution is -0.120. The van der Waals surface area contributed by atoms with Gasteiger partial charge in [-0.2, -0.15) is 0 Å². The van der Waals surface area contributed by atoms with Gasteiger partial charge in [0.15, 0.2) is 5.16 Å². The van der Waals surface area contributed by atoms with Crippen LogP contribution in [0.1, 0.15) is 49.8 Å². The van der Waals surface area contributed by atoms with Crippen LogP contribution in [0.2, 0.25) is 0 Å². The number of nitrogens with one attached hydrogen (secondary N) is 1. The number of aryl methyl sites for hydroxylation is 1. The van der Waals surface area contributed by atoms with Crippen molar-refractivity contribution in [2.75, 3.05) is 0 Å². The Bertz CT molecular complexity index is 1100. The summed E-state index contributed by atoms with van der Waals surface area (Å²) in [6, 6.07) is 15.8. The van der Waals surface area contributed by atoms with E-state index in [0.717, 1.165) is 31.2 Å². The van der Waals surface area contributed by atoms with Crippen LogP contribution in [-0.4, -0.2) is 20.7 Å². The zero-order chi connectivity index (χ0) is 21.1. The Balaban J connectivity index is 1.55. The molecule has 1 unspecified atom stereocenters. The molecule has 5 nitrogen and oxygen atoms in total. The van der Waals surface area contributed by atoms with Gasteiger partial charge in [0.25, 0.3) is 5.56 Å². The van der Waals surface area contributed by atoms with Gasteiger partial charge in [0.05, 0.1) is 16.2 Å². The fourth-order valence-electron chi connectivity index (χ4n) is 3.94. The normalized spacial score (nSPS) is 15.4. The lowest BCUT2D eigenvalue weighted by Crippen LogP contribution is -2.32. The van der Waals surface area contributed by atoms with Crippen molar-refractivity contribution in [3.05, 3.63) is 70.0 Å². The predicted octanol–water partition coefficient (Wildman–Crippen LogP) is 4.62. The average molecular weight is 422 g/mol. The number of hydrogen-bond acceptors (Lipinski definition) is 4. The number of aromatic nitrogens is 2. The van der Waals surface area contributed by atoms with Gasteiger partial charge in [-0.1, -0.05) is 66.6 Å². The Morgan fingerprint density at radius 2 is 1.87 bits per heavy atom. The minimum atomic E-state index is -0.351. The molecule has 1 aliphatic carbocycles. The van der Waals surface area contributed by atoms with Crippen molar-refractivity contribution in [2.45, 2.75) is 62.5 Å². The standard InChI is InChI=1S/C24H27N3O2S/c1-16-11-13-18(14-12-16)15-25-22(28)17(2)30-24-26-21-10-6-5-9-20(21)23(29)27(24)19-7-3-4-8-19/h5-6,9-14,17,19H,3-4,7-8,15H2,1-2H3,(H,25,28). The summed E-state index contributed by atoms with van der Waals surface area (Å²) in [7, 11) is 0. The summed E-state index contributed by atoms with van der Waals surface area (Å²) in [6.07, 6.45) is 4.23. The molecule has 0 aliphatic heterocycles. The number of hydrogen-bond donors (Lipinski definition) is 1. The highest BCUT2D eigenvalue weighted by molar-refractivity contribution is 8.00. The quantitative estimate of drug-likeness (QED) is 0.466. The van der Waals surface area contributed by atoms with Crippen LogP contribution in [0.3, 0.4) is 0 Å². The van der Waals surface area contributed by atoms with E-state index in [1.165, 1.54) is 17.3 Å². The predicted molar refractivity (Wildman–Crippen MR) is 122 cm³/mol. The third-order valence-corrected chi connectivity index (χ3v) is 6.77. The average Bonchev–Trinajstić information content (AvgIpc) is 3.27. The molecule has 30 heavy (non-hydrogen) atoms. The van der Waals surface area contributed by atoms with Crippen molar-refractivity contribution >= 4 is 28.6 Å². The highest BCUT2D eigenvalue weighted by atomic mass is 32.2. The van der Waals surface area contributed by atoms with Gasteiger partial charge < -0.3 is 5.32 Å². The molecule has 1 fully saturated rings. The van der Waals surface area contributed by atoms with Gasteiger partial charge in [-0.15, -0.1) is 0 Å². The fraction of sp³-hybridized carbons (Fsp3) is 0.375. The van der Waals surface area contributed by atoms with Crippen LogP contribution in [0.5, 0.6) is 0 Å². The van der Waals surface area contributed by atoms with E-state index in [-0.39, 0.29) is 22.8 Å². The van der Waals surface area contributed by atoms with E-state index in [1.807, 2.05) is 66.9 Å². The van der Waals surface area contributed by atoms with Crippen molar-refractivity contribution < 1.29 is 4.79 Å². The Labute approximate surface area is 180 Å². The van der Waals surface area contributed by atoms with Gasteiger partial charge >= 0.3 is 0 Å². The summed E-state index contributed by atoms with van der Waals surface area (Å²) in [5.41, 5.74) is 2.95. The van der Waals surface area contributed by atoms with Crippen LogP contribution in [0.4, 0.5) is 0 Å². The van der Waals surface area contributed by atoms with Crippen molar-refractivity contribution in [3.63, 3.8) is 0 Å². The summed E-state index contributed by atoms with van der Waals surface area (Å²) in [5.74, 6) is -0.0547. The maximum absolute atomic E-state index is 13.2. The summed E-state index contributed by atoms with van der Waals surface area (Å²) in [4.78, 5) is 30.7. The van der Waals surface area contributed by atoms with E-state index in [2.05, 4.69) is 5.32 Å². The first kappa shape index (κ1) is 20.7. The van der Waals surface area contributed by atoms with Gasteiger partial charge in [-0.05, 0) is 44.4 Å². The van der Waals surface area contributed by atoms with Gasteiger partial charge in [0.1, 0.15) is 0 Å². The van der Waals surface area contributed by atoms with Crippen molar-refractivity contribution in [2.24, 2.45) is 0 Å². The molecule has 156 valence electrons. The minimum Gasteiger partial charge on any atom is -0.351 e. The zero-order valence-electron chi connectivity index (χ0n) is 17.4. The molecule has 1 saturated carbocycles. The smallest absolute Gasteiger partial charge is 0.262 e. The second kappa shape index (κ2) is 9.04. The SMILES string of the molecule is Cc1ccc(CNC(=O)C(C)Sc2nc3ccccc3c(=O)n2C2CCCC2)cc1. The molecule has 0 radical (unpaired) electrons. The first-order valence-electron chi connectivity index (χ1n) is 10.5. The maximum atomic E-state index is 13.2. The van der Waals surface area contributed by atoms with Crippen LogP contribution in [0, 0.1) is 6.92 Å². The van der Waals surface area contributed by atoms with Crippen molar-refractivity contribution in [3.8, 4) is 0 Å².